The Labute approximate surface area is 126 Å². The van der Waals surface area contributed by atoms with Gasteiger partial charge >= 0.3 is 0 Å². The molecule has 2 aliphatic rings. The molecule has 2 heterocycles. The Hall–Kier alpha value is -0.120. The van der Waals surface area contributed by atoms with Gasteiger partial charge in [-0.15, -0.1) is 0 Å². The van der Waals surface area contributed by atoms with Crippen LogP contribution in [0.2, 0.25) is 0 Å². The molecule has 0 spiro atoms. The van der Waals surface area contributed by atoms with Crippen molar-refractivity contribution < 1.29 is 0 Å². The summed E-state index contributed by atoms with van der Waals surface area (Å²) in [6.07, 6.45) is 1.38. The van der Waals surface area contributed by atoms with E-state index in [0.29, 0.717) is 17.5 Å². The minimum atomic E-state index is 0.354. The monoisotopic (exact) mass is 281 g/mol. The van der Waals surface area contributed by atoms with Crippen LogP contribution in [-0.2, 0) is 0 Å². The lowest BCUT2D eigenvalue weighted by atomic mass is 9.83. The maximum Gasteiger partial charge on any atom is 0.0244 e. The second-order valence-corrected chi connectivity index (χ2v) is 8.51. The van der Waals surface area contributed by atoms with Crippen LogP contribution < -0.4 is 5.32 Å². The molecule has 20 heavy (non-hydrogen) atoms. The molecule has 2 saturated heterocycles. The molecule has 3 heteroatoms. The SMILES string of the molecule is CC(C)C1CNC(C(C)(C)C)CN1CC1CCN(C)C1. The molecule has 0 saturated carbocycles. The van der Waals surface area contributed by atoms with Crippen LogP contribution in [0.5, 0.6) is 0 Å². The Morgan fingerprint density at radius 3 is 2.40 bits per heavy atom. The van der Waals surface area contributed by atoms with E-state index >= 15 is 0 Å². The van der Waals surface area contributed by atoms with Crippen molar-refractivity contribution in [3.8, 4) is 0 Å². The first-order chi connectivity index (χ1) is 9.27. The third-order valence-electron chi connectivity index (χ3n) is 5.26. The zero-order chi connectivity index (χ0) is 14.9. The normalized spacial score (nSPS) is 34.0. The van der Waals surface area contributed by atoms with Gasteiger partial charge < -0.3 is 10.2 Å². The molecule has 1 N–H and O–H groups in total. The number of rotatable bonds is 3. The summed E-state index contributed by atoms with van der Waals surface area (Å²) in [5, 5.41) is 3.80. The summed E-state index contributed by atoms with van der Waals surface area (Å²) in [4.78, 5) is 5.28. The summed E-state index contributed by atoms with van der Waals surface area (Å²) in [5.74, 6) is 1.61. The van der Waals surface area contributed by atoms with Crippen molar-refractivity contribution in [2.45, 2.75) is 53.1 Å². The van der Waals surface area contributed by atoms with Gasteiger partial charge in [0, 0.05) is 38.3 Å². The van der Waals surface area contributed by atoms with Crippen LogP contribution in [-0.4, -0.2) is 61.7 Å². The van der Waals surface area contributed by atoms with Crippen LogP contribution in [0.4, 0.5) is 0 Å². The van der Waals surface area contributed by atoms with Crippen molar-refractivity contribution in [2.24, 2.45) is 17.3 Å². The zero-order valence-electron chi connectivity index (χ0n) is 14.4. The van der Waals surface area contributed by atoms with Crippen molar-refractivity contribution in [3.05, 3.63) is 0 Å². The second-order valence-electron chi connectivity index (χ2n) is 8.51. The molecule has 0 aromatic rings. The Kier molecular flexibility index (Phi) is 5.14. The highest BCUT2D eigenvalue weighted by atomic mass is 15.2. The Bertz CT molecular complexity index is 308. The molecule has 2 fully saturated rings. The van der Waals surface area contributed by atoms with Gasteiger partial charge in [-0.05, 0) is 37.3 Å². The van der Waals surface area contributed by atoms with Gasteiger partial charge in [0.1, 0.15) is 0 Å². The fraction of sp³-hybridized carbons (Fsp3) is 1.00. The van der Waals surface area contributed by atoms with Crippen LogP contribution >= 0.6 is 0 Å². The van der Waals surface area contributed by atoms with E-state index in [0.717, 1.165) is 18.4 Å². The zero-order valence-corrected chi connectivity index (χ0v) is 14.4. The molecule has 0 amide bonds. The van der Waals surface area contributed by atoms with Gasteiger partial charge in [-0.2, -0.15) is 0 Å². The van der Waals surface area contributed by atoms with E-state index in [1.165, 1.54) is 32.6 Å². The van der Waals surface area contributed by atoms with Crippen LogP contribution in [0.15, 0.2) is 0 Å². The summed E-state index contributed by atoms with van der Waals surface area (Å²) >= 11 is 0. The minimum absolute atomic E-state index is 0.354. The second kappa shape index (κ2) is 6.33. The van der Waals surface area contributed by atoms with E-state index in [2.05, 4.69) is 56.8 Å². The van der Waals surface area contributed by atoms with Gasteiger partial charge in [0.2, 0.25) is 0 Å². The molecular formula is C17H35N3. The quantitative estimate of drug-likeness (QED) is 0.856. The van der Waals surface area contributed by atoms with Gasteiger partial charge in [-0.25, -0.2) is 0 Å². The molecule has 0 aliphatic carbocycles. The number of nitrogens with one attached hydrogen (secondary N) is 1. The van der Waals surface area contributed by atoms with Gasteiger partial charge in [0.15, 0.2) is 0 Å². The predicted molar refractivity (Wildman–Crippen MR) is 87.0 cm³/mol. The summed E-state index contributed by atoms with van der Waals surface area (Å²) in [6, 6.07) is 1.33. The first kappa shape index (κ1) is 16.3. The Morgan fingerprint density at radius 1 is 1.20 bits per heavy atom. The van der Waals surface area contributed by atoms with Crippen molar-refractivity contribution >= 4 is 0 Å². The van der Waals surface area contributed by atoms with E-state index in [9.17, 15) is 0 Å². The van der Waals surface area contributed by atoms with E-state index in [1.54, 1.807) is 0 Å². The molecular weight excluding hydrogens is 246 g/mol. The van der Waals surface area contributed by atoms with Gasteiger partial charge in [-0.1, -0.05) is 34.6 Å². The molecule has 0 radical (unpaired) electrons. The average molecular weight is 281 g/mol. The van der Waals surface area contributed by atoms with Crippen LogP contribution in [0.1, 0.15) is 41.0 Å². The number of nitrogens with zero attached hydrogens (tertiary/aromatic N) is 2. The molecule has 3 unspecified atom stereocenters. The first-order valence-corrected chi connectivity index (χ1v) is 8.43. The third-order valence-corrected chi connectivity index (χ3v) is 5.26. The molecule has 2 rings (SSSR count). The molecule has 2 aliphatic heterocycles. The summed E-state index contributed by atoms with van der Waals surface area (Å²) in [5.41, 5.74) is 0.354. The molecule has 118 valence electrons. The number of hydrogen-bond acceptors (Lipinski definition) is 3. The number of piperazine rings is 1. The Morgan fingerprint density at radius 2 is 1.90 bits per heavy atom. The maximum atomic E-state index is 3.80. The van der Waals surface area contributed by atoms with Crippen molar-refractivity contribution in [2.75, 3.05) is 39.8 Å². The van der Waals surface area contributed by atoms with Crippen molar-refractivity contribution in [3.63, 3.8) is 0 Å². The lowest BCUT2D eigenvalue weighted by molar-refractivity contribution is 0.0517. The molecule has 3 atom stereocenters. The summed E-state index contributed by atoms with van der Waals surface area (Å²) in [6.45, 7) is 18.1. The molecule has 3 nitrogen and oxygen atoms in total. The minimum Gasteiger partial charge on any atom is -0.311 e. The van der Waals surface area contributed by atoms with Crippen molar-refractivity contribution in [1.29, 1.82) is 0 Å². The predicted octanol–water partition coefficient (Wildman–Crippen LogP) is 2.28. The van der Waals surface area contributed by atoms with Crippen LogP contribution in [0.3, 0.4) is 0 Å². The highest BCUT2D eigenvalue weighted by molar-refractivity contribution is 4.94. The maximum absolute atomic E-state index is 3.80. The topological polar surface area (TPSA) is 18.5 Å². The lowest BCUT2D eigenvalue weighted by Gasteiger charge is -2.47. The highest BCUT2D eigenvalue weighted by Gasteiger charge is 2.36. The van der Waals surface area contributed by atoms with Gasteiger partial charge in [-0.3, -0.25) is 4.90 Å². The lowest BCUT2D eigenvalue weighted by Crippen LogP contribution is -2.62. The summed E-state index contributed by atoms with van der Waals surface area (Å²) in [7, 11) is 2.26. The van der Waals surface area contributed by atoms with E-state index in [4.69, 9.17) is 0 Å². The van der Waals surface area contributed by atoms with E-state index in [-0.39, 0.29) is 0 Å². The third kappa shape index (κ3) is 3.96. The first-order valence-electron chi connectivity index (χ1n) is 8.43. The standard InChI is InChI=1S/C17H35N3/c1-13(2)15-9-18-16(17(3,4)5)12-20(15)11-14-7-8-19(6)10-14/h13-16,18H,7-12H2,1-6H3. The van der Waals surface area contributed by atoms with E-state index < -0.39 is 0 Å². The number of hydrogen-bond donors (Lipinski definition) is 1. The summed E-state index contributed by atoms with van der Waals surface area (Å²) < 4.78 is 0. The van der Waals surface area contributed by atoms with Gasteiger partial charge in [0.05, 0.1) is 0 Å². The molecule has 0 aromatic heterocycles. The Balaban J connectivity index is 1.99. The highest BCUT2D eigenvalue weighted by Crippen LogP contribution is 2.27. The van der Waals surface area contributed by atoms with Crippen LogP contribution in [0, 0.1) is 17.3 Å². The fourth-order valence-corrected chi connectivity index (χ4v) is 3.78. The van der Waals surface area contributed by atoms with Gasteiger partial charge in [0.25, 0.3) is 0 Å². The smallest absolute Gasteiger partial charge is 0.0244 e. The van der Waals surface area contributed by atoms with Crippen molar-refractivity contribution in [1.82, 2.24) is 15.1 Å². The number of likely N-dealkylation sites (tertiary alicyclic amines) is 1. The van der Waals surface area contributed by atoms with E-state index in [1.807, 2.05) is 0 Å². The largest absolute Gasteiger partial charge is 0.311 e. The molecule has 0 aromatic carbocycles. The molecule has 0 bridgehead atoms. The fourth-order valence-electron chi connectivity index (χ4n) is 3.78. The van der Waals surface area contributed by atoms with Crippen LogP contribution in [0.25, 0.3) is 0 Å². The average Bonchev–Trinajstić information content (AvgIpc) is 2.73.